The molecule has 0 amide bonds. The summed E-state index contributed by atoms with van der Waals surface area (Å²) in [5.41, 5.74) is 2.35. The van der Waals surface area contributed by atoms with Crippen LogP contribution in [0.3, 0.4) is 0 Å². The first kappa shape index (κ1) is 77.6. The highest BCUT2D eigenvalue weighted by Crippen LogP contribution is 2.56. The molecule has 0 N–H and O–H groups in total. The van der Waals surface area contributed by atoms with Gasteiger partial charge in [0, 0.05) is 0 Å². The highest BCUT2D eigenvalue weighted by Gasteiger charge is 2.30. The third-order valence-electron chi connectivity index (χ3n) is 16.3. The maximum absolute atomic E-state index is 2.70. The van der Waals surface area contributed by atoms with Gasteiger partial charge in [-0.3, -0.25) is 0 Å². The lowest BCUT2D eigenvalue weighted by molar-refractivity contribution is 0.483. The first-order valence-electron chi connectivity index (χ1n) is 34.7. The lowest BCUT2D eigenvalue weighted by Crippen LogP contribution is -2.21. The normalized spacial score (nSPS) is 13.9. The minimum absolute atomic E-state index is 0.157. The van der Waals surface area contributed by atoms with Crippen LogP contribution in [0.2, 0.25) is 0 Å². The van der Waals surface area contributed by atoms with Crippen molar-refractivity contribution in [3.63, 3.8) is 0 Å². The maximum Gasteiger partial charge on any atom is -0.0195 e. The van der Waals surface area contributed by atoms with Crippen LogP contribution >= 0.6 is 40.9 Å². The van der Waals surface area contributed by atoms with E-state index in [9.17, 15) is 0 Å². The molecule has 4 rings (SSSR count). The molecule has 0 saturated heterocycles. The molecule has 77 heavy (non-hydrogen) atoms. The molecule has 2 aliphatic rings. The van der Waals surface area contributed by atoms with Crippen LogP contribution in [0, 0.1) is 0 Å². The van der Waals surface area contributed by atoms with Crippen molar-refractivity contribution in [3.8, 4) is 0 Å². The monoisotopic (exact) mass is 1160 g/mol. The van der Waals surface area contributed by atoms with Crippen LogP contribution in [0.4, 0.5) is 0 Å². The molecule has 2 aromatic rings. The molecule has 452 valence electrons. The molecule has 0 bridgehead atoms. The zero-order valence-corrected chi connectivity index (χ0v) is 58.7. The van der Waals surface area contributed by atoms with Crippen molar-refractivity contribution in [1.29, 1.82) is 0 Å². The standard InChI is InChI=1S/C20H43P.C16H31P.C16H19P.C16H35P.C4H11P/c1-4-7-10-12-14-16-19-21(18-9-6-3)20-17-15-13-11-8-5-2;2*1-2-3-14-17(15-10-6-4-7-11-15)16-12-8-5-9-13-16;1-4-7-10-12-15-17(14-9-6-3)16-13-11-8-5-2;1-2-3-4-5/h4-20H2,1-3H3;15-16H,2-14H2,1H3;4-13H,2-3,14H2,1H3;4-16H2,1-3H3;2-5H2,1H3. The van der Waals surface area contributed by atoms with Gasteiger partial charge in [0.2, 0.25) is 0 Å². The maximum atomic E-state index is 2.70. The van der Waals surface area contributed by atoms with Crippen LogP contribution in [0.5, 0.6) is 0 Å². The SMILES string of the molecule is CCCCCCCCP(CCCC)CCCCCCCC.CCCCCCP(CCCC)CCCCCC.CCCCP.CCCCP(C1CCCCC1)C1CCCCC1.CCCCP(c1ccccc1)c1ccccc1. The molecule has 2 aliphatic carbocycles. The third-order valence-corrected chi connectivity index (χ3v) is 28.7. The number of hydrogen-bond donors (Lipinski definition) is 0. The summed E-state index contributed by atoms with van der Waals surface area (Å²) in [7, 11) is 3.72. The van der Waals surface area contributed by atoms with Gasteiger partial charge < -0.3 is 0 Å². The Morgan fingerprint density at radius 2 is 0.571 bits per heavy atom. The Morgan fingerprint density at radius 1 is 0.299 bits per heavy atom. The van der Waals surface area contributed by atoms with Crippen molar-refractivity contribution >= 4 is 51.5 Å². The molecule has 1 unspecified atom stereocenters. The lowest BCUT2D eigenvalue weighted by Gasteiger charge is -2.38. The van der Waals surface area contributed by atoms with Crippen molar-refractivity contribution < 1.29 is 0 Å². The second kappa shape index (κ2) is 62.6. The predicted molar refractivity (Wildman–Crippen MR) is 377 cm³/mol. The molecular formula is C72H139P5. The minimum Gasteiger partial charge on any atom is -0.138 e. The third kappa shape index (κ3) is 47.6. The average molecular weight is 1160 g/mol. The highest BCUT2D eigenvalue weighted by molar-refractivity contribution is 7.73. The second-order valence-electron chi connectivity index (χ2n) is 23.5. The van der Waals surface area contributed by atoms with Crippen LogP contribution in [0.1, 0.15) is 319 Å². The van der Waals surface area contributed by atoms with Gasteiger partial charge in [0.25, 0.3) is 0 Å². The summed E-state index contributed by atoms with van der Waals surface area (Å²) in [5, 5.41) is 3.00. The van der Waals surface area contributed by atoms with E-state index >= 15 is 0 Å². The molecule has 5 heteroatoms. The van der Waals surface area contributed by atoms with Crippen molar-refractivity contribution in [2.45, 2.75) is 330 Å². The Morgan fingerprint density at radius 3 is 0.883 bits per heavy atom. The van der Waals surface area contributed by atoms with Crippen molar-refractivity contribution in [2.24, 2.45) is 0 Å². The lowest BCUT2D eigenvalue weighted by atomic mass is 9.99. The number of hydrogen-bond acceptors (Lipinski definition) is 0. The number of rotatable bonds is 42. The molecule has 0 spiro atoms. The Kier molecular flexibility index (Phi) is 63.1. The fourth-order valence-corrected chi connectivity index (χ4v) is 23.7. The highest BCUT2D eigenvalue weighted by atomic mass is 31.1. The largest absolute Gasteiger partial charge is 0.138 e. The quantitative estimate of drug-likeness (QED) is 0.0459. The van der Waals surface area contributed by atoms with E-state index < -0.39 is 0 Å². The zero-order valence-electron chi connectivity index (χ0n) is 53.9. The fraction of sp³-hybridized carbons (Fsp3) is 0.833. The van der Waals surface area contributed by atoms with Crippen molar-refractivity contribution in [1.82, 2.24) is 0 Å². The summed E-state index contributed by atoms with van der Waals surface area (Å²) in [4.78, 5) is 0. The Labute approximate surface area is 495 Å². The van der Waals surface area contributed by atoms with Gasteiger partial charge in [-0.2, -0.15) is 0 Å². The number of benzene rings is 2. The van der Waals surface area contributed by atoms with Crippen LogP contribution in [-0.4, -0.2) is 66.8 Å². The molecule has 2 aromatic carbocycles. The molecule has 0 heterocycles. The molecule has 0 nitrogen and oxygen atoms in total. The summed E-state index contributed by atoms with van der Waals surface area (Å²) in [6.45, 7) is 20.8. The van der Waals surface area contributed by atoms with Gasteiger partial charge in [0.05, 0.1) is 0 Å². The van der Waals surface area contributed by atoms with Crippen LogP contribution in [-0.2, 0) is 0 Å². The predicted octanol–water partition coefficient (Wildman–Crippen LogP) is 25.9. The van der Waals surface area contributed by atoms with E-state index in [2.05, 4.69) is 132 Å². The Balaban J connectivity index is 0.000000972. The van der Waals surface area contributed by atoms with Crippen molar-refractivity contribution in [2.75, 3.05) is 55.5 Å². The summed E-state index contributed by atoms with van der Waals surface area (Å²) in [5.74, 6) is 0. The molecule has 0 radical (unpaired) electrons. The molecule has 2 saturated carbocycles. The molecule has 0 aliphatic heterocycles. The molecule has 2 fully saturated rings. The summed E-state index contributed by atoms with van der Waals surface area (Å²) in [6, 6.07) is 21.9. The van der Waals surface area contributed by atoms with Gasteiger partial charge in [-0.05, 0) is 162 Å². The van der Waals surface area contributed by atoms with E-state index in [0.29, 0.717) is 23.8 Å². The van der Waals surface area contributed by atoms with E-state index in [-0.39, 0.29) is 7.92 Å². The summed E-state index contributed by atoms with van der Waals surface area (Å²) in [6.07, 6.45) is 72.4. The van der Waals surface area contributed by atoms with Gasteiger partial charge in [-0.25, -0.2) is 0 Å². The van der Waals surface area contributed by atoms with Gasteiger partial charge in [0.1, 0.15) is 0 Å². The van der Waals surface area contributed by atoms with Crippen LogP contribution in [0.15, 0.2) is 60.7 Å². The first-order valence-corrected chi connectivity index (χ1v) is 42.5. The van der Waals surface area contributed by atoms with E-state index in [1.807, 2.05) is 0 Å². The van der Waals surface area contributed by atoms with E-state index in [1.165, 1.54) is 240 Å². The topological polar surface area (TPSA) is 0 Å². The van der Waals surface area contributed by atoms with Gasteiger partial charge >= 0.3 is 0 Å². The summed E-state index contributed by atoms with van der Waals surface area (Å²) < 4.78 is 0. The summed E-state index contributed by atoms with van der Waals surface area (Å²) >= 11 is 0. The molecule has 0 aromatic heterocycles. The second-order valence-corrected chi connectivity index (χ2v) is 34.8. The van der Waals surface area contributed by atoms with Crippen LogP contribution < -0.4 is 10.6 Å². The van der Waals surface area contributed by atoms with Crippen molar-refractivity contribution in [3.05, 3.63) is 60.7 Å². The number of unbranched alkanes of at least 4 members (excludes halogenated alkanes) is 21. The van der Waals surface area contributed by atoms with E-state index in [1.54, 1.807) is 94.5 Å². The van der Waals surface area contributed by atoms with Crippen LogP contribution in [0.25, 0.3) is 0 Å². The molecule has 1 atom stereocenters. The average Bonchev–Trinajstić information content (AvgIpc) is 3.47. The van der Waals surface area contributed by atoms with Gasteiger partial charge in [-0.1, -0.05) is 303 Å². The zero-order chi connectivity index (χ0) is 56.3. The Hall–Kier alpha value is 0.590. The minimum atomic E-state index is -0.157. The van der Waals surface area contributed by atoms with E-state index in [0.717, 1.165) is 0 Å². The Bertz CT molecular complexity index is 1270. The van der Waals surface area contributed by atoms with Gasteiger partial charge in [0.15, 0.2) is 0 Å². The first-order chi connectivity index (χ1) is 37.9. The van der Waals surface area contributed by atoms with E-state index in [4.69, 9.17) is 0 Å². The molecular weight excluding hydrogens is 1020 g/mol. The van der Waals surface area contributed by atoms with Gasteiger partial charge in [-0.15, -0.1) is 33.0 Å². The fourth-order valence-electron chi connectivity index (χ4n) is 11.2. The smallest absolute Gasteiger partial charge is 0.0195 e.